The third kappa shape index (κ3) is 1.44. The lowest BCUT2D eigenvalue weighted by Crippen LogP contribution is -2.21. The summed E-state index contributed by atoms with van der Waals surface area (Å²) < 4.78 is 0. The van der Waals surface area contributed by atoms with Crippen LogP contribution in [0.3, 0.4) is 0 Å². The zero-order valence-electron chi connectivity index (χ0n) is 7.32. The minimum atomic E-state index is -0.283. The first-order valence-electron chi connectivity index (χ1n) is 4.23. The van der Waals surface area contributed by atoms with Crippen molar-refractivity contribution in [1.29, 1.82) is 0 Å². The average Bonchev–Trinajstić information content (AvgIpc) is 2.56. The Morgan fingerprint density at radius 3 is 2.79 bits per heavy atom. The van der Waals surface area contributed by atoms with Gasteiger partial charge in [0.1, 0.15) is 11.5 Å². The SMILES string of the molecule is O=C1NC[C@@H](c2cc(O)ccc2O)N1. The molecule has 0 bridgehead atoms. The van der Waals surface area contributed by atoms with E-state index in [1.165, 1.54) is 18.2 Å². The number of carbonyl (C=O) groups is 1. The lowest BCUT2D eigenvalue weighted by molar-refractivity contribution is 0.247. The fraction of sp³-hybridized carbons (Fsp3) is 0.222. The Bertz CT molecular complexity index is 378. The molecule has 5 nitrogen and oxygen atoms in total. The van der Waals surface area contributed by atoms with Crippen LogP contribution in [0.1, 0.15) is 11.6 Å². The number of hydrogen-bond acceptors (Lipinski definition) is 3. The maximum absolute atomic E-state index is 10.9. The fourth-order valence-electron chi connectivity index (χ4n) is 1.46. The van der Waals surface area contributed by atoms with Gasteiger partial charge in [-0.1, -0.05) is 0 Å². The lowest BCUT2D eigenvalue weighted by atomic mass is 10.1. The van der Waals surface area contributed by atoms with E-state index >= 15 is 0 Å². The lowest BCUT2D eigenvalue weighted by Gasteiger charge is -2.10. The van der Waals surface area contributed by atoms with Gasteiger partial charge < -0.3 is 20.8 Å². The van der Waals surface area contributed by atoms with Crippen molar-refractivity contribution in [3.05, 3.63) is 23.8 Å². The molecule has 1 saturated heterocycles. The molecule has 1 aromatic carbocycles. The molecule has 74 valence electrons. The molecule has 1 aromatic rings. The number of urea groups is 1. The molecule has 0 radical (unpaired) electrons. The predicted molar refractivity (Wildman–Crippen MR) is 49.0 cm³/mol. The van der Waals surface area contributed by atoms with E-state index in [0.29, 0.717) is 12.1 Å². The third-order valence-corrected chi connectivity index (χ3v) is 2.16. The standard InChI is InChI=1S/C9H10N2O3/c12-5-1-2-8(13)6(3-5)7-4-10-9(14)11-7/h1-3,7,12-13H,4H2,(H2,10,11,14)/t7-/m0/s1. The van der Waals surface area contributed by atoms with Crippen molar-refractivity contribution in [2.24, 2.45) is 0 Å². The Morgan fingerprint density at radius 2 is 2.14 bits per heavy atom. The molecule has 0 aromatic heterocycles. The zero-order chi connectivity index (χ0) is 10.1. The number of nitrogens with one attached hydrogen (secondary N) is 2. The molecule has 5 heteroatoms. The molecular formula is C9H10N2O3. The minimum absolute atomic E-state index is 0.0665. The Labute approximate surface area is 80.4 Å². The maximum atomic E-state index is 10.9. The van der Waals surface area contributed by atoms with E-state index in [1.54, 1.807) is 0 Å². The average molecular weight is 194 g/mol. The third-order valence-electron chi connectivity index (χ3n) is 2.16. The molecule has 0 saturated carbocycles. The first kappa shape index (κ1) is 8.68. The van der Waals surface area contributed by atoms with Gasteiger partial charge in [0.25, 0.3) is 0 Å². The van der Waals surface area contributed by atoms with E-state index in [-0.39, 0.29) is 23.6 Å². The molecular weight excluding hydrogens is 184 g/mol. The number of aromatic hydroxyl groups is 2. The summed E-state index contributed by atoms with van der Waals surface area (Å²) in [6.45, 7) is 0.413. The van der Waals surface area contributed by atoms with Gasteiger partial charge in [-0.3, -0.25) is 0 Å². The Balaban J connectivity index is 2.31. The monoisotopic (exact) mass is 194 g/mol. The largest absolute Gasteiger partial charge is 0.508 e. The first-order chi connectivity index (χ1) is 6.66. The van der Waals surface area contributed by atoms with Crippen LogP contribution >= 0.6 is 0 Å². The smallest absolute Gasteiger partial charge is 0.315 e. The van der Waals surface area contributed by atoms with E-state index in [9.17, 15) is 15.0 Å². The zero-order valence-corrected chi connectivity index (χ0v) is 7.32. The van der Waals surface area contributed by atoms with Crippen LogP contribution < -0.4 is 10.6 Å². The molecule has 14 heavy (non-hydrogen) atoms. The molecule has 1 heterocycles. The highest BCUT2D eigenvalue weighted by Gasteiger charge is 2.24. The van der Waals surface area contributed by atoms with Crippen molar-refractivity contribution < 1.29 is 15.0 Å². The van der Waals surface area contributed by atoms with E-state index in [0.717, 1.165) is 0 Å². The second kappa shape index (κ2) is 3.10. The van der Waals surface area contributed by atoms with Gasteiger partial charge in [0.05, 0.1) is 6.04 Å². The quantitative estimate of drug-likeness (QED) is 0.490. The van der Waals surface area contributed by atoms with Gasteiger partial charge in [-0.15, -0.1) is 0 Å². The van der Waals surface area contributed by atoms with Crippen LogP contribution in [0, 0.1) is 0 Å². The van der Waals surface area contributed by atoms with Crippen LogP contribution in [0.5, 0.6) is 11.5 Å². The maximum Gasteiger partial charge on any atom is 0.315 e. The number of phenolic OH excluding ortho intramolecular Hbond substituents is 2. The number of hydrogen-bond donors (Lipinski definition) is 4. The molecule has 2 amide bonds. The van der Waals surface area contributed by atoms with Crippen molar-refractivity contribution in [2.45, 2.75) is 6.04 Å². The van der Waals surface area contributed by atoms with Crippen LogP contribution in [0.4, 0.5) is 4.79 Å². The predicted octanol–water partition coefficient (Wildman–Crippen LogP) is 0.452. The van der Waals surface area contributed by atoms with Crippen LogP contribution in [0.2, 0.25) is 0 Å². The van der Waals surface area contributed by atoms with Gasteiger partial charge >= 0.3 is 6.03 Å². The molecule has 2 rings (SSSR count). The summed E-state index contributed by atoms with van der Waals surface area (Å²) in [6, 6.07) is 3.68. The van der Waals surface area contributed by atoms with Crippen molar-refractivity contribution in [3.8, 4) is 11.5 Å². The topological polar surface area (TPSA) is 81.6 Å². The Morgan fingerprint density at radius 1 is 1.36 bits per heavy atom. The molecule has 0 unspecified atom stereocenters. The van der Waals surface area contributed by atoms with Crippen molar-refractivity contribution in [1.82, 2.24) is 10.6 Å². The second-order valence-corrected chi connectivity index (χ2v) is 3.15. The van der Waals surface area contributed by atoms with E-state index < -0.39 is 0 Å². The van der Waals surface area contributed by atoms with E-state index in [2.05, 4.69) is 10.6 Å². The number of carbonyl (C=O) groups excluding carboxylic acids is 1. The van der Waals surface area contributed by atoms with Gasteiger partial charge in [0, 0.05) is 12.1 Å². The summed E-state index contributed by atoms with van der Waals surface area (Å²) in [5.74, 6) is 0.135. The van der Waals surface area contributed by atoms with Crippen LogP contribution in [-0.4, -0.2) is 22.8 Å². The van der Waals surface area contributed by atoms with E-state index in [1.807, 2.05) is 0 Å². The summed E-state index contributed by atoms with van der Waals surface area (Å²) in [4.78, 5) is 10.9. The normalized spacial score (nSPS) is 20.3. The van der Waals surface area contributed by atoms with Crippen LogP contribution in [-0.2, 0) is 0 Å². The number of rotatable bonds is 1. The van der Waals surface area contributed by atoms with Gasteiger partial charge in [-0.25, -0.2) is 4.79 Å². The molecule has 0 aliphatic carbocycles. The van der Waals surface area contributed by atoms with Crippen molar-refractivity contribution in [3.63, 3.8) is 0 Å². The summed E-state index contributed by atoms with van der Waals surface area (Å²) in [5, 5.41) is 23.9. The highest BCUT2D eigenvalue weighted by atomic mass is 16.3. The van der Waals surface area contributed by atoms with Gasteiger partial charge in [0.15, 0.2) is 0 Å². The first-order valence-corrected chi connectivity index (χ1v) is 4.23. The second-order valence-electron chi connectivity index (χ2n) is 3.15. The number of amides is 2. The van der Waals surface area contributed by atoms with Gasteiger partial charge in [-0.05, 0) is 18.2 Å². The van der Waals surface area contributed by atoms with E-state index in [4.69, 9.17) is 0 Å². The fourth-order valence-corrected chi connectivity index (χ4v) is 1.46. The molecule has 1 fully saturated rings. The van der Waals surface area contributed by atoms with Crippen LogP contribution in [0.15, 0.2) is 18.2 Å². The molecule has 1 atom stereocenters. The minimum Gasteiger partial charge on any atom is -0.508 e. The summed E-state index contributed by atoms with van der Waals surface area (Å²) in [7, 11) is 0. The molecule has 1 aliphatic rings. The summed E-state index contributed by atoms with van der Waals surface area (Å²) >= 11 is 0. The van der Waals surface area contributed by atoms with Crippen LogP contribution in [0.25, 0.3) is 0 Å². The van der Waals surface area contributed by atoms with Crippen molar-refractivity contribution >= 4 is 6.03 Å². The molecule has 0 spiro atoms. The highest BCUT2D eigenvalue weighted by Crippen LogP contribution is 2.28. The van der Waals surface area contributed by atoms with Gasteiger partial charge in [0.2, 0.25) is 0 Å². The Hall–Kier alpha value is -1.91. The molecule has 1 aliphatic heterocycles. The number of phenols is 2. The summed E-state index contributed by atoms with van der Waals surface area (Å²) in [5.41, 5.74) is 0.517. The van der Waals surface area contributed by atoms with Crippen molar-refractivity contribution in [2.75, 3.05) is 6.54 Å². The molecule has 4 N–H and O–H groups in total. The summed E-state index contributed by atoms with van der Waals surface area (Å²) in [6.07, 6.45) is 0. The highest BCUT2D eigenvalue weighted by molar-refractivity contribution is 5.77. The number of benzene rings is 1. The van der Waals surface area contributed by atoms with Gasteiger partial charge in [-0.2, -0.15) is 0 Å². The Kier molecular flexibility index (Phi) is 1.92.